The maximum atomic E-state index is 13.3. The van der Waals surface area contributed by atoms with E-state index < -0.39 is 11.3 Å². The van der Waals surface area contributed by atoms with Crippen LogP contribution in [0.3, 0.4) is 0 Å². The van der Waals surface area contributed by atoms with Gasteiger partial charge in [0.05, 0.1) is 16.7 Å². The first kappa shape index (κ1) is 20.3. The third-order valence-electron chi connectivity index (χ3n) is 4.73. The van der Waals surface area contributed by atoms with E-state index in [4.69, 9.17) is 5.73 Å². The van der Waals surface area contributed by atoms with Gasteiger partial charge in [-0.3, -0.25) is 9.59 Å². The van der Waals surface area contributed by atoms with Crippen LogP contribution >= 0.6 is 0 Å². The van der Waals surface area contributed by atoms with E-state index >= 15 is 0 Å². The van der Waals surface area contributed by atoms with Crippen LogP contribution in [0.15, 0.2) is 54.7 Å². The fraction of sp³-hybridized carbons (Fsp3) is 0.227. The van der Waals surface area contributed by atoms with Crippen LogP contribution in [0.25, 0.3) is 16.9 Å². The van der Waals surface area contributed by atoms with Gasteiger partial charge in [-0.15, -0.1) is 0 Å². The second-order valence-electron chi connectivity index (χ2n) is 7.61. The minimum atomic E-state index is -0.882. The van der Waals surface area contributed by atoms with Crippen molar-refractivity contribution in [2.24, 2.45) is 11.1 Å². The third-order valence-corrected chi connectivity index (χ3v) is 4.73. The number of nitrogens with zero attached hydrogens (tertiary/aromatic N) is 2. The highest BCUT2D eigenvalue weighted by atomic mass is 19.1. The Morgan fingerprint density at radius 3 is 2.31 bits per heavy atom. The van der Waals surface area contributed by atoms with E-state index in [1.165, 1.54) is 16.8 Å². The Morgan fingerprint density at radius 2 is 1.72 bits per heavy atom. The highest BCUT2D eigenvalue weighted by Crippen LogP contribution is 2.25. The van der Waals surface area contributed by atoms with E-state index in [9.17, 15) is 14.0 Å². The highest BCUT2D eigenvalue weighted by molar-refractivity contribution is 6.00. The van der Waals surface area contributed by atoms with Gasteiger partial charge in [-0.05, 0) is 45.0 Å². The predicted molar refractivity (Wildman–Crippen MR) is 109 cm³/mol. The number of nitrogens with one attached hydrogen (secondary N) is 1. The van der Waals surface area contributed by atoms with Crippen molar-refractivity contribution in [1.29, 1.82) is 0 Å². The van der Waals surface area contributed by atoms with Crippen LogP contribution in [0, 0.1) is 18.2 Å². The average molecular weight is 394 g/mol. The standard InChI is InChI=1S/C22H23FN4O2/c1-14-4-6-15(7-5-14)19-18(20(28)25-13-22(2,3)21(24)29)12-27(26-19)17-10-8-16(23)9-11-17/h4-12H,13H2,1-3H3,(H2,24,29)(H,25,28). The summed E-state index contributed by atoms with van der Waals surface area (Å²) in [6.07, 6.45) is 1.59. The average Bonchev–Trinajstić information content (AvgIpc) is 3.12. The highest BCUT2D eigenvalue weighted by Gasteiger charge is 2.27. The van der Waals surface area contributed by atoms with Crippen LogP contribution in [0.5, 0.6) is 0 Å². The lowest BCUT2D eigenvalue weighted by molar-refractivity contribution is -0.125. The molecule has 3 aromatic rings. The number of benzene rings is 2. The molecule has 0 atom stereocenters. The van der Waals surface area contributed by atoms with Crippen molar-refractivity contribution in [2.75, 3.05) is 6.54 Å². The van der Waals surface area contributed by atoms with E-state index in [0.29, 0.717) is 16.9 Å². The Morgan fingerprint density at radius 1 is 1.10 bits per heavy atom. The molecule has 0 saturated carbocycles. The predicted octanol–water partition coefficient (Wildman–Crippen LogP) is 3.23. The number of carbonyl (C=O) groups is 2. The lowest BCUT2D eigenvalue weighted by atomic mass is 9.92. The number of rotatable bonds is 6. The molecular formula is C22H23FN4O2. The van der Waals surface area contributed by atoms with Crippen molar-refractivity contribution in [3.8, 4) is 16.9 Å². The van der Waals surface area contributed by atoms with E-state index in [-0.39, 0.29) is 18.3 Å². The zero-order valence-electron chi connectivity index (χ0n) is 16.6. The molecule has 2 amide bonds. The number of aryl methyl sites for hydroxylation is 1. The molecule has 0 unspecified atom stereocenters. The van der Waals surface area contributed by atoms with Crippen molar-refractivity contribution in [2.45, 2.75) is 20.8 Å². The Labute approximate surface area is 168 Å². The van der Waals surface area contributed by atoms with Gasteiger partial charge in [0.25, 0.3) is 5.91 Å². The second-order valence-corrected chi connectivity index (χ2v) is 7.61. The van der Waals surface area contributed by atoms with Gasteiger partial charge in [-0.1, -0.05) is 29.8 Å². The molecule has 3 rings (SSSR count). The van der Waals surface area contributed by atoms with E-state index in [0.717, 1.165) is 11.1 Å². The molecule has 3 N–H and O–H groups in total. The normalized spacial score (nSPS) is 11.3. The lowest BCUT2D eigenvalue weighted by Gasteiger charge is -2.20. The number of amides is 2. The van der Waals surface area contributed by atoms with Gasteiger partial charge in [0.15, 0.2) is 0 Å². The first-order chi connectivity index (χ1) is 13.7. The van der Waals surface area contributed by atoms with Crippen LogP contribution in [0.2, 0.25) is 0 Å². The Kier molecular flexibility index (Phi) is 5.50. The van der Waals surface area contributed by atoms with Crippen molar-refractivity contribution in [3.05, 3.63) is 71.7 Å². The number of halogens is 1. The van der Waals surface area contributed by atoms with Gasteiger partial charge in [0, 0.05) is 18.3 Å². The van der Waals surface area contributed by atoms with Gasteiger partial charge in [-0.2, -0.15) is 5.10 Å². The van der Waals surface area contributed by atoms with Gasteiger partial charge in [0.2, 0.25) is 5.91 Å². The topological polar surface area (TPSA) is 90.0 Å². The van der Waals surface area contributed by atoms with E-state index in [1.54, 1.807) is 32.2 Å². The van der Waals surface area contributed by atoms with Crippen LogP contribution in [-0.2, 0) is 4.79 Å². The minimum absolute atomic E-state index is 0.0935. The third kappa shape index (κ3) is 4.51. The van der Waals surface area contributed by atoms with Crippen LogP contribution in [-0.4, -0.2) is 28.1 Å². The molecule has 0 radical (unpaired) electrons. The van der Waals surface area contributed by atoms with Crippen molar-refractivity contribution in [3.63, 3.8) is 0 Å². The van der Waals surface area contributed by atoms with Crippen molar-refractivity contribution >= 4 is 11.8 Å². The number of primary amides is 1. The number of carbonyl (C=O) groups excluding carboxylic acids is 2. The summed E-state index contributed by atoms with van der Waals surface area (Å²) in [5, 5.41) is 7.32. The zero-order chi connectivity index (χ0) is 21.2. The maximum absolute atomic E-state index is 13.3. The van der Waals surface area contributed by atoms with Crippen LogP contribution in [0.1, 0.15) is 29.8 Å². The largest absolute Gasteiger partial charge is 0.369 e. The van der Waals surface area contributed by atoms with Crippen LogP contribution < -0.4 is 11.1 Å². The summed E-state index contributed by atoms with van der Waals surface area (Å²) in [7, 11) is 0. The molecule has 0 aliphatic heterocycles. The molecule has 1 aromatic heterocycles. The number of nitrogens with two attached hydrogens (primary N) is 1. The van der Waals surface area contributed by atoms with Crippen LogP contribution in [0.4, 0.5) is 4.39 Å². The fourth-order valence-electron chi connectivity index (χ4n) is 2.67. The smallest absolute Gasteiger partial charge is 0.255 e. The first-order valence-electron chi connectivity index (χ1n) is 9.18. The molecule has 6 nitrogen and oxygen atoms in total. The zero-order valence-corrected chi connectivity index (χ0v) is 16.6. The molecule has 0 spiro atoms. The lowest BCUT2D eigenvalue weighted by Crippen LogP contribution is -2.42. The molecule has 2 aromatic carbocycles. The molecule has 7 heteroatoms. The Hall–Kier alpha value is -3.48. The Bertz CT molecular complexity index is 1040. The molecular weight excluding hydrogens is 371 g/mol. The monoisotopic (exact) mass is 394 g/mol. The molecule has 1 heterocycles. The number of hydrogen-bond donors (Lipinski definition) is 2. The van der Waals surface area contributed by atoms with E-state index in [2.05, 4.69) is 10.4 Å². The second kappa shape index (κ2) is 7.87. The van der Waals surface area contributed by atoms with Gasteiger partial charge < -0.3 is 11.1 Å². The van der Waals surface area contributed by atoms with Crippen molar-refractivity contribution in [1.82, 2.24) is 15.1 Å². The molecule has 0 aliphatic rings. The summed E-state index contributed by atoms with van der Waals surface area (Å²) in [6.45, 7) is 5.40. The summed E-state index contributed by atoms with van der Waals surface area (Å²) in [4.78, 5) is 24.4. The number of hydrogen-bond acceptors (Lipinski definition) is 3. The summed E-state index contributed by atoms with van der Waals surface area (Å²) in [5.41, 5.74) is 7.82. The molecule has 0 bridgehead atoms. The summed E-state index contributed by atoms with van der Waals surface area (Å²) in [6, 6.07) is 13.5. The molecule has 0 saturated heterocycles. The SMILES string of the molecule is Cc1ccc(-c2nn(-c3ccc(F)cc3)cc2C(=O)NCC(C)(C)C(N)=O)cc1. The Balaban J connectivity index is 1.99. The molecule has 0 fully saturated rings. The molecule has 0 aliphatic carbocycles. The van der Waals surface area contributed by atoms with Gasteiger partial charge >= 0.3 is 0 Å². The summed E-state index contributed by atoms with van der Waals surface area (Å²) in [5.74, 6) is -1.23. The van der Waals surface area contributed by atoms with E-state index in [1.807, 2.05) is 31.2 Å². The van der Waals surface area contributed by atoms with Gasteiger partial charge in [0.1, 0.15) is 11.5 Å². The molecule has 150 valence electrons. The number of aromatic nitrogens is 2. The first-order valence-corrected chi connectivity index (χ1v) is 9.18. The summed E-state index contributed by atoms with van der Waals surface area (Å²) >= 11 is 0. The fourth-order valence-corrected chi connectivity index (χ4v) is 2.67. The summed E-state index contributed by atoms with van der Waals surface area (Å²) < 4.78 is 14.8. The quantitative estimate of drug-likeness (QED) is 0.673. The minimum Gasteiger partial charge on any atom is -0.369 e. The van der Waals surface area contributed by atoms with Crippen molar-refractivity contribution < 1.29 is 14.0 Å². The maximum Gasteiger partial charge on any atom is 0.255 e. The van der Waals surface area contributed by atoms with Gasteiger partial charge in [-0.25, -0.2) is 9.07 Å². The molecule has 29 heavy (non-hydrogen) atoms.